The number of hydrogen-bond acceptors (Lipinski definition) is 7. The first kappa shape index (κ1) is 22.7. The minimum absolute atomic E-state index is 0.277. The van der Waals surface area contributed by atoms with Gasteiger partial charge >= 0.3 is 5.97 Å². The first-order chi connectivity index (χ1) is 14.6. The Morgan fingerprint density at radius 3 is 2.29 bits per heavy atom. The van der Waals surface area contributed by atoms with Gasteiger partial charge in [-0.05, 0) is 46.6 Å². The number of esters is 1. The molecule has 0 N–H and O–H groups in total. The normalized spacial score (nSPS) is 37.8. The van der Waals surface area contributed by atoms with E-state index in [9.17, 15) is 4.79 Å². The number of ether oxygens (including phenoxy) is 6. The van der Waals surface area contributed by atoms with E-state index in [4.69, 9.17) is 28.4 Å². The average molecular weight is 435 g/mol. The zero-order valence-electron chi connectivity index (χ0n) is 19.3. The number of methoxy groups -OCH3 is 1. The van der Waals surface area contributed by atoms with E-state index < -0.39 is 47.3 Å². The molecule has 7 nitrogen and oxygen atoms in total. The van der Waals surface area contributed by atoms with Crippen LogP contribution in [0.2, 0.25) is 0 Å². The van der Waals surface area contributed by atoms with Crippen LogP contribution in [0.25, 0.3) is 0 Å². The fourth-order valence-electron chi connectivity index (χ4n) is 4.58. The van der Waals surface area contributed by atoms with Crippen LogP contribution in [0.1, 0.15) is 46.6 Å². The Hall–Kier alpha value is -1.51. The summed E-state index contributed by atoms with van der Waals surface area (Å²) in [5.41, 5.74) is -0.961. The molecule has 2 heterocycles. The van der Waals surface area contributed by atoms with Crippen molar-refractivity contribution in [3.8, 4) is 0 Å². The number of carbonyl (C=O) groups is 1. The molecule has 1 aromatic carbocycles. The van der Waals surface area contributed by atoms with Crippen molar-refractivity contribution in [3.63, 3.8) is 0 Å². The van der Waals surface area contributed by atoms with Gasteiger partial charge in [-0.1, -0.05) is 30.3 Å². The van der Waals surface area contributed by atoms with Gasteiger partial charge in [0.15, 0.2) is 6.29 Å². The lowest BCUT2D eigenvalue weighted by Gasteiger charge is -2.57. The Kier molecular flexibility index (Phi) is 5.94. The first-order valence-corrected chi connectivity index (χ1v) is 11.0. The van der Waals surface area contributed by atoms with Crippen LogP contribution in [-0.4, -0.2) is 61.1 Å². The molecular formula is C24H34O7. The van der Waals surface area contributed by atoms with Crippen molar-refractivity contribution < 1.29 is 33.2 Å². The summed E-state index contributed by atoms with van der Waals surface area (Å²) >= 11 is 0. The van der Waals surface area contributed by atoms with Gasteiger partial charge in [-0.3, -0.25) is 4.79 Å². The Labute approximate surface area is 184 Å². The number of benzene rings is 1. The molecule has 0 bridgehead atoms. The van der Waals surface area contributed by atoms with Crippen LogP contribution in [-0.2, 0) is 39.8 Å². The number of carbonyl (C=O) groups excluding carboxylic acids is 1. The maximum absolute atomic E-state index is 12.6. The van der Waals surface area contributed by atoms with Crippen LogP contribution in [0.3, 0.4) is 0 Å². The molecule has 1 aliphatic carbocycles. The van der Waals surface area contributed by atoms with Gasteiger partial charge in [0.25, 0.3) is 0 Å². The van der Waals surface area contributed by atoms with Gasteiger partial charge in [-0.15, -0.1) is 0 Å². The van der Waals surface area contributed by atoms with E-state index in [0.717, 1.165) is 5.56 Å². The fourth-order valence-corrected chi connectivity index (χ4v) is 4.58. The smallest absolute Gasteiger partial charge is 0.312 e. The predicted octanol–water partition coefficient (Wildman–Crippen LogP) is 3.24. The van der Waals surface area contributed by atoms with Crippen LogP contribution in [0.15, 0.2) is 30.3 Å². The number of rotatable bonds is 6. The SMILES string of the molecule is CCOC(=O)C1CC12O[C@H](OC)[C@@H]1OC(C)(C)C(C)(C)O[C@H]1[C@@H]2OCc1ccccc1. The number of fused-ring (bicyclic) bond motifs is 1. The van der Waals surface area contributed by atoms with Gasteiger partial charge in [-0.25, -0.2) is 0 Å². The van der Waals surface area contributed by atoms with E-state index >= 15 is 0 Å². The molecule has 31 heavy (non-hydrogen) atoms. The van der Waals surface area contributed by atoms with E-state index in [-0.39, 0.29) is 5.97 Å². The van der Waals surface area contributed by atoms with Gasteiger partial charge in [0.05, 0.1) is 30.3 Å². The second-order valence-corrected chi connectivity index (χ2v) is 9.59. The van der Waals surface area contributed by atoms with Crippen LogP contribution in [0, 0.1) is 5.92 Å². The fraction of sp³-hybridized carbons (Fsp3) is 0.708. The van der Waals surface area contributed by atoms with E-state index in [1.54, 1.807) is 14.0 Å². The molecule has 0 amide bonds. The van der Waals surface area contributed by atoms with Crippen molar-refractivity contribution in [1.29, 1.82) is 0 Å². The molecule has 0 radical (unpaired) electrons. The topological polar surface area (TPSA) is 72.5 Å². The van der Waals surface area contributed by atoms with Crippen molar-refractivity contribution in [2.75, 3.05) is 13.7 Å². The third kappa shape index (κ3) is 3.91. The summed E-state index contributed by atoms with van der Waals surface area (Å²) in [4.78, 5) is 12.6. The maximum atomic E-state index is 12.6. The summed E-state index contributed by atoms with van der Waals surface area (Å²) in [5, 5.41) is 0. The van der Waals surface area contributed by atoms with Crippen molar-refractivity contribution in [2.24, 2.45) is 5.92 Å². The summed E-state index contributed by atoms with van der Waals surface area (Å²) < 4.78 is 36.9. The van der Waals surface area contributed by atoms with Crippen LogP contribution in [0.4, 0.5) is 0 Å². The van der Waals surface area contributed by atoms with Gasteiger partial charge < -0.3 is 28.4 Å². The van der Waals surface area contributed by atoms with Gasteiger partial charge in [0, 0.05) is 7.11 Å². The third-order valence-electron chi connectivity index (χ3n) is 7.05. The molecule has 2 unspecified atom stereocenters. The molecule has 1 saturated carbocycles. The van der Waals surface area contributed by atoms with Crippen molar-refractivity contribution >= 4 is 5.97 Å². The highest BCUT2D eigenvalue weighted by atomic mass is 16.7. The monoisotopic (exact) mass is 434 g/mol. The lowest BCUT2D eigenvalue weighted by molar-refractivity contribution is -0.397. The van der Waals surface area contributed by atoms with Crippen molar-refractivity contribution in [3.05, 3.63) is 35.9 Å². The molecule has 172 valence electrons. The van der Waals surface area contributed by atoms with Crippen molar-refractivity contribution in [1.82, 2.24) is 0 Å². The highest BCUT2D eigenvalue weighted by Crippen LogP contribution is 2.58. The molecular weight excluding hydrogens is 400 g/mol. The second kappa shape index (κ2) is 8.12. The molecule has 1 aromatic rings. The quantitative estimate of drug-likeness (QED) is 0.637. The predicted molar refractivity (Wildman–Crippen MR) is 112 cm³/mol. The van der Waals surface area contributed by atoms with E-state index in [1.165, 1.54) is 0 Å². The molecule has 3 aliphatic rings. The maximum Gasteiger partial charge on any atom is 0.312 e. The van der Waals surface area contributed by atoms with Crippen LogP contribution < -0.4 is 0 Å². The van der Waals surface area contributed by atoms with E-state index in [2.05, 4.69) is 0 Å². The molecule has 2 aliphatic heterocycles. The Morgan fingerprint density at radius 1 is 1.03 bits per heavy atom. The Balaban J connectivity index is 1.66. The minimum atomic E-state index is -0.857. The van der Waals surface area contributed by atoms with Crippen LogP contribution >= 0.6 is 0 Å². The average Bonchev–Trinajstić information content (AvgIpc) is 3.44. The highest BCUT2D eigenvalue weighted by molar-refractivity contribution is 5.78. The van der Waals surface area contributed by atoms with Crippen LogP contribution in [0.5, 0.6) is 0 Å². The first-order valence-electron chi connectivity index (χ1n) is 11.0. The van der Waals surface area contributed by atoms with E-state index in [0.29, 0.717) is 19.6 Å². The standard InChI is InChI=1S/C24H34O7/c1-7-27-20(25)16-13-24(16)19(28-14-15-11-9-8-10-12-15)17-18(21(26-6)31-24)30-23(4,5)22(2,3)29-17/h8-12,16-19,21H,7,13-14H2,1-6H3/t16?,17-,18-,19+,21+,24?/m1/s1. The highest BCUT2D eigenvalue weighted by Gasteiger charge is 2.74. The number of hydrogen-bond donors (Lipinski definition) is 0. The molecule has 4 rings (SSSR count). The molecule has 1 spiro atoms. The summed E-state index contributed by atoms with van der Waals surface area (Å²) in [7, 11) is 1.58. The van der Waals surface area contributed by atoms with Crippen molar-refractivity contribution in [2.45, 2.75) is 89.1 Å². The molecule has 3 fully saturated rings. The lowest BCUT2D eigenvalue weighted by atomic mass is 9.83. The van der Waals surface area contributed by atoms with Gasteiger partial charge in [0.2, 0.25) is 0 Å². The third-order valence-corrected chi connectivity index (χ3v) is 7.05. The molecule has 6 atom stereocenters. The molecule has 0 aromatic heterocycles. The molecule has 2 saturated heterocycles. The summed E-state index contributed by atoms with van der Waals surface area (Å²) in [6.07, 6.45) is -1.61. The zero-order chi connectivity index (χ0) is 22.4. The van der Waals surface area contributed by atoms with Gasteiger partial charge in [0.1, 0.15) is 23.9 Å². The summed E-state index contributed by atoms with van der Waals surface area (Å²) in [5.74, 6) is -0.700. The zero-order valence-corrected chi connectivity index (χ0v) is 19.3. The Morgan fingerprint density at radius 2 is 1.68 bits per heavy atom. The van der Waals surface area contributed by atoms with E-state index in [1.807, 2.05) is 58.0 Å². The lowest BCUT2D eigenvalue weighted by Crippen LogP contribution is -2.71. The largest absolute Gasteiger partial charge is 0.466 e. The molecule has 7 heteroatoms. The summed E-state index contributed by atoms with van der Waals surface area (Å²) in [6, 6.07) is 9.92. The summed E-state index contributed by atoms with van der Waals surface area (Å²) in [6.45, 7) is 10.5. The Bertz CT molecular complexity index is 792. The van der Waals surface area contributed by atoms with Gasteiger partial charge in [-0.2, -0.15) is 0 Å². The second-order valence-electron chi connectivity index (χ2n) is 9.59. The minimum Gasteiger partial charge on any atom is -0.466 e.